The largest absolute Gasteiger partial charge is 0.292 e. The van der Waals surface area contributed by atoms with Crippen molar-refractivity contribution in [2.45, 2.75) is 25.3 Å². The number of hydrogen-bond donors (Lipinski definition) is 0. The fourth-order valence-corrected chi connectivity index (χ4v) is 3.03. The molecule has 2 fully saturated rings. The monoisotopic (exact) mass is 278 g/mol. The molecular weight excluding hydrogens is 264 g/mol. The zero-order valence-electron chi connectivity index (χ0n) is 10.5. The summed E-state index contributed by atoms with van der Waals surface area (Å²) in [4.78, 5) is 27.9. The highest BCUT2D eigenvalue weighted by Crippen LogP contribution is 2.28. The van der Waals surface area contributed by atoms with Gasteiger partial charge in [0.25, 0.3) is 5.91 Å². The van der Waals surface area contributed by atoms with E-state index in [-0.39, 0.29) is 24.3 Å². The first-order chi connectivity index (χ1) is 9.16. The second-order valence-electron chi connectivity index (χ2n) is 5.01. The number of hydrogen-bond acceptors (Lipinski definition) is 3. The van der Waals surface area contributed by atoms with Crippen molar-refractivity contribution in [3.05, 3.63) is 29.3 Å². The molecular formula is C14H15ClN2O2. The Morgan fingerprint density at radius 2 is 1.89 bits per heavy atom. The molecule has 2 saturated heterocycles. The average Bonchev–Trinajstić information content (AvgIpc) is 2.97. The number of amides is 2. The molecule has 2 aliphatic rings. The van der Waals surface area contributed by atoms with Crippen LogP contribution in [0.25, 0.3) is 0 Å². The molecule has 19 heavy (non-hydrogen) atoms. The van der Waals surface area contributed by atoms with Crippen LogP contribution in [0.15, 0.2) is 24.3 Å². The summed E-state index contributed by atoms with van der Waals surface area (Å²) in [5.74, 6) is -0.252. The summed E-state index contributed by atoms with van der Waals surface area (Å²) >= 11 is 5.92. The maximum Gasteiger partial charge on any atom is 0.251 e. The van der Waals surface area contributed by atoms with Gasteiger partial charge in [0.1, 0.15) is 0 Å². The molecule has 1 atom stereocenters. The number of carbonyl (C=O) groups excluding carboxylic acids is 2. The van der Waals surface area contributed by atoms with Crippen LogP contribution in [0.1, 0.15) is 19.3 Å². The molecule has 1 aromatic rings. The Morgan fingerprint density at radius 1 is 1.16 bits per heavy atom. The first kappa shape index (κ1) is 12.6. The quantitative estimate of drug-likeness (QED) is 0.778. The van der Waals surface area contributed by atoms with Gasteiger partial charge in [-0.25, -0.2) is 4.90 Å². The summed E-state index contributed by atoms with van der Waals surface area (Å²) in [6.45, 7) is 1.82. The summed E-state index contributed by atoms with van der Waals surface area (Å²) in [5, 5.41) is 0.530. The van der Waals surface area contributed by atoms with Gasteiger partial charge in [-0.2, -0.15) is 0 Å². The van der Waals surface area contributed by atoms with Crippen LogP contribution in [0.4, 0.5) is 5.69 Å². The van der Waals surface area contributed by atoms with Crippen molar-refractivity contribution < 1.29 is 9.59 Å². The van der Waals surface area contributed by atoms with Crippen LogP contribution in [-0.4, -0.2) is 35.8 Å². The zero-order valence-corrected chi connectivity index (χ0v) is 11.3. The summed E-state index contributed by atoms with van der Waals surface area (Å²) in [6, 6.07) is 6.60. The molecule has 2 aliphatic heterocycles. The molecule has 0 spiro atoms. The second kappa shape index (κ2) is 4.94. The molecule has 4 nitrogen and oxygen atoms in total. The first-order valence-corrected chi connectivity index (χ1v) is 6.91. The molecule has 0 aliphatic carbocycles. The molecule has 0 bridgehead atoms. The Balaban J connectivity index is 1.86. The topological polar surface area (TPSA) is 40.6 Å². The Bertz CT molecular complexity index is 526. The lowest BCUT2D eigenvalue weighted by molar-refractivity contribution is -0.122. The average molecular weight is 279 g/mol. The smallest absolute Gasteiger partial charge is 0.251 e. The van der Waals surface area contributed by atoms with Crippen LogP contribution in [0.3, 0.4) is 0 Å². The predicted octanol–water partition coefficient (Wildman–Crippen LogP) is 2.07. The fraction of sp³-hybridized carbons (Fsp3) is 0.429. The molecule has 5 heteroatoms. The van der Waals surface area contributed by atoms with Gasteiger partial charge >= 0.3 is 0 Å². The Morgan fingerprint density at radius 3 is 2.58 bits per heavy atom. The lowest BCUT2D eigenvalue weighted by Gasteiger charge is -2.21. The van der Waals surface area contributed by atoms with Gasteiger partial charge in [-0.15, -0.1) is 0 Å². The van der Waals surface area contributed by atoms with Gasteiger partial charge < -0.3 is 0 Å². The van der Waals surface area contributed by atoms with Crippen molar-refractivity contribution in [3.63, 3.8) is 0 Å². The lowest BCUT2D eigenvalue weighted by atomic mass is 10.2. The van der Waals surface area contributed by atoms with Crippen molar-refractivity contribution in [1.29, 1.82) is 0 Å². The summed E-state index contributed by atoms with van der Waals surface area (Å²) in [6.07, 6.45) is 2.50. The molecule has 0 aromatic heterocycles. The van der Waals surface area contributed by atoms with Crippen LogP contribution < -0.4 is 4.90 Å². The number of anilines is 1. The standard InChI is InChI=1S/C14H15ClN2O2/c15-10-4-3-5-11(8-10)17-13(18)9-12(14(17)19)16-6-1-2-7-16/h3-5,8,12H,1-2,6-7,9H2. The molecule has 1 unspecified atom stereocenters. The minimum atomic E-state index is -0.283. The van der Waals surface area contributed by atoms with E-state index < -0.39 is 0 Å². The number of benzene rings is 1. The van der Waals surface area contributed by atoms with Crippen molar-refractivity contribution in [2.75, 3.05) is 18.0 Å². The lowest BCUT2D eigenvalue weighted by Crippen LogP contribution is -2.40. The van der Waals surface area contributed by atoms with Crippen LogP contribution in [0.5, 0.6) is 0 Å². The van der Waals surface area contributed by atoms with E-state index in [1.807, 2.05) is 0 Å². The molecule has 2 heterocycles. The van der Waals surface area contributed by atoms with Crippen LogP contribution in [0, 0.1) is 0 Å². The Labute approximate surface area is 116 Å². The van der Waals surface area contributed by atoms with E-state index in [0.717, 1.165) is 25.9 Å². The van der Waals surface area contributed by atoms with Crippen LogP contribution in [-0.2, 0) is 9.59 Å². The molecule has 3 rings (SSSR count). The third-order valence-electron chi connectivity index (χ3n) is 3.77. The van der Waals surface area contributed by atoms with Crippen molar-refractivity contribution in [2.24, 2.45) is 0 Å². The van der Waals surface area contributed by atoms with E-state index >= 15 is 0 Å². The van der Waals surface area contributed by atoms with E-state index in [0.29, 0.717) is 10.7 Å². The van der Waals surface area contributed by atoms with E-state index in [4.69, 9.17) is 11.6 Å². The maximum atomic E-state index is 12.4. The zero-order chi connectivity index (χ0) is 13.4. The van der Waals surface area contributed by atoms with Gasteiger partial charge in [0, 0.05) is 5.02 Å². The molecule has 2 amide bonds. The van der Waals surface area contributed by atoms with Gasteiger partial charge in [-0.05, 0) is 44.1 Å². The van der Waals surface area contributed by atoms with E-state index in [9.17, 15) is 9.59 Å². The maximum absolute atomic E-state index is 12.4. The molecule has 0 saturated carbocycles. The number of halogens is 1. The number of imide groups is 1. The van der Waals surface area contributed by atoms with E-state index in [1.54, 1.807) is 24.3 Å². The van der Waals surface area contributed by atoms with Gasteiger partial charge in [0.15, 0.2) is 0 Å². The Hall–Kier alpha value is -1.39. The predicted molar refractivity (Wildman–Crippen MR) is 73.2 cm³/mol. The van der Waals surface area contributed by atoms with E-state index in [2.05, 4.69) is 4.90 Å². The van der Waals surface area contributed by atoms with Gasteiger partial charge in [-0.1, -0.05) is 17.7 Å². The fourth-order valence-electron chi connectivity index (χ4n) is 2.84. The number of nitrogens with zero attached hydrogens (tertiary/aromatic N) is 2. The molecule has 100 valence electrons. The van der Waals surface area contributed by atoms with Crippen molar-refractivity contribution in [1.82, 2.24) is 4.90 Å². The van der Waals surface area contributed by atoms with Crippen LogP contribution in [0.2, 0.25) is 5.02 Å². The normalized spacial score (nSPS) is 24.5. The third-order valence-corrected chi connectivity index (χ3v) is 4.01. The minimum Gasteiger partial charge on any atom is -0.292 e. The third kappa shape index (κ3) is 2.26. The number of likely N-dealkylation sites (tertiary alicyclic amines) is 1. The molecule has 0 N–H and O–H groups in total. The highest BCUT2D eigenvalue weighted by Gasteiger charge is 2.43. The Kier molecular flexibility index (Phi) is 3.29. The van der Waals surface area contributed by atoms with E-state index in [1.165, 1.54) is 4.90 Å². The summed E-state index contributed by atoms with van der Waals surface area (Å²) in [7, 11) is 0. The van der Waals surface area contributed by atoms with Gasteiger partial charge in [-0.3, -0.25) is 14.5 Å². The number of rotatable bonds is 2. The minimum absolute atomic E-state index is 0.117. The summed E-state index contributed by atoms with van der Waals surface area (Å²) < 4.78 is 0. The molecule has 0 radical (unpaired) electrons. The molecule has 1 aromatic carbocycles. The highest BCUT2D eigenvalue weighted by molar-refractivity contribution is 6.31. The first-order valence-electron chi connectivity index (χ1n) is 6.53. The summed E-state index contributed by atoms with van der Waals surface area (Å²) in [5.41, 5.74) is 0.573. The van der Waals surface area contributed by atoms with Gasteiger partial charge in [0.2, 0.25) is 5.91 Å². The highest BCUT2D eigenvalue weighted by atomic mass is 35.5. The van der Waals surface area contributed by atoms with Crippen LogP contribution >= 0.6 is 11.6 Å². The SMILES string of the molecule is O=C1CC(N2CCCC2)C(=O)N1c1cccc(Cl)c1. The number of carbonyl (C=O) groups is 2. The van der Waals surface area contributed by atoms with Gasteiger partial charge in [0.05, 0.1) is 18.2 Å². The van der Waals surface area contributed by atoms with Crippen molar-refractivity contribution >= 4 is 29.1 Å². The van der Waals surface area contributed by atoms with Crippen molar-refractivity contribution in [3.8, 4) is 0 Å². The second-order valence-corrected chi connectivity index (χ2v) is 5.45.